The first-order valence-corrected chi connectivity index (χ1v) is 12.1. The Morgan fingerprint density at radius 2 is 1.59 bits per heavy atom. The van der Waals surface area contributed by atoms with Gasteiger partial charge in [-0.2, -0.15) is 0 Å². The standard InChI is InChI=1S/C25H42O2/c1-22-11-9-18(27)15-17(22)8-12-24(3)21(22)7-6-19-20-5-4-10-25(20,16-26)14-13-23(19,24)2/h17-21,26-27H,4-16H2,1-3H3/t17?,18?,19?,20?,21?,22?,23-,24?,25?/m1/s1. The lowest BCUT2D eigenvalue weighted by atomic mass is 9.34. The van der Waals surface area contributed by atoms with Gasteiger partial charge in [0, 0.05) is 6.61 Å². The smallest absolute Gasteiger partial charge is 0.0543 e. The van der Waals surface area contributed by atoms with Gasteiger partial charge in [-0.3, -0.25) is 0 Å². The maximum Gasteiger partial charge on any atom is 0.0543 e. The molecule has 0 saturated heterocycles. The maximum absolute atomic E-state index is 10.3. The van der Waals surface area contributed by atoms with E-state index in [0.29, 0.717) is 22.9 Å². The van der Waals surface area contributed by atoms with E-state index < -0.39 is 0 Å². The van der Waals surface area contributed by atoms with Crippen molar-refractivity contribution in [1.29, 1.82) is 0 Å². The van der Waals surface area contributed by atoms with Crippen molar-refractivity contribution >= 4 is 0 Å². The van der Waals surface area contributed by atoms with Gasteiger partial charge in [-0.15, -0.1) is 0 Å². The molecule has 0 bridgehead atoms. The van der Waals surface area contributed by atoms with Gasteiger partial charge in [0.1, 0.15) is 0 Å². The zero-order chi connectivity index (χ0) is 19.1. The molecule has 2 heteroatoms. The van der Waals surface area contributed by atoms with Gasteiger partial charge >= 0.3 is 0 Å². The minimum Gasteiger partial charge on any atom is -0.396 e. The van der Waals surface area contributed by atoms with Gasteiger partial charge in [-0.1, -0.05) is 27.2 Å². The molecule has 0 heterocycles. The van der Waals surface area contributed by atoms with E-state index in [2.05, 4.69) is 20.8 Å². The van der Waals surface area contributed by atoms with Crippen molar-refractivity contribution in [3.63, 3.8) is 0 Å². The largest absolute Gasteiger partial charge is 0.396 e. The van der Waals surface area contributed by atoms with Crippen LogP contribution in [0.1, 0.15) is 97.8 Å². The van der Waals surface area contributed by atoms with Gasteiger partial charge in [0.05, 0.1) is 6.10 Å². The molecule has 5 aliphatic carbocycles. The Morgan fingerprint density at radius 3 is 2.37 bits per heavy atom. The van der Waals surface area contributed by atoms with Crippen LogP contribution in [0.15, 0.2) is 0 Å². The second-order valence-corrected chi connectivity index (χ2v) is 12.3. The van der Waals surface area contributed by atoms with Crippen LogP contribution in [0.3, 0.4) is 0 Å². The minimum atomic E-state index is -0.0438. The number of fused-ring (bicyclic) bond motifs is 7. The summed E-state index contributed by atoms with van der Waals surface area (Å²) in [5.74, 6) is 3.18. The molecule has 0 spiro atoms. The monoisotopic (exact) mass is 374 g/mol. The molecule has 0 aromatic rings. The van der Waals surface area contributed by atoms with Crippen LogP contribution < -0.4 is 0 Å². The zero-order valence-corrected chi connectivity index (χ0v) is 18.0. The zero-order valence-electron chi connectivity index (χ0n) is 18.0. The van der Waals surface area contributed by atoms with Gasteiger partial charge in [-0.05, 0) is 116 Å². The van der Waals surface area contributed by atoms with E-state index in [-0.39, 0.29) is 11.5 Å². The van der Waals surface area contributed by atoms with Crippen LogP contribution in [0.2, 0.25) is 0 Å². The average Bonchev–Trinajstić information content (AvgIpc) is 3.08. The van der Waals surface area contributed by atoms with Crippen molar-refractivity contribution in [3.05, 3.63) is 0 Å². The lowest BCUT2D eigenvalue weighted by molar-refractivity contribution is -0.227. The summed E-state index contributed by atoms with van der Waals surface area (Å²) in [4.78, 5) is 0. The fourth-order valence-electron chi connectivity index (χ4n) is 10.1. The molecule has 154 valence electrons. The van der Waals surface area contributed by atoms with Crippen LogP contribution in [0.4, 0.5) is 0 Å². The number of rotatable bonds is 1. The summed E-state index contributed by atoms with van der Waals surface area (Å²) < 4.78 is 0. The molecule has 5 saturated carbocycles. The summed E-state index contributed by atoms with van der Waals surface area (Å²) in [5, 5.41) is 20.6. The third-order valence-corrected chi connectivity index (χ3v) is 11.9. The summed E-state index contributed by atoms with van der Waals surface area (Å²) >= 11 is 0. The van der Waals surface area contributed by atoms with E-state index in [4.69, 9.17) is 0 Å². The third-order valence-electron chi connectivity index (χ3n) is 11.9. The van der Waals surface area contributed by atoms with Gasteiger partial charge in [0.15, 0.2) is 0 Å². The molecule has 8 unspecified atom stereocenters. The Balaban J connectivity index is 1.51. The van der Waals surface area contributed by atoms with Crippen LogP contribution in [0, 0.1) is 45.3 Å². The molecular formula is C25H42O2. The summed E-state index contributed by atoms with van der Waals surface area (Å²) in [6.45, 7) is 8.38. The first kappa shape index (κ1) is 18.9. The molecule has 2 nitrogen and oxygen atoms in total. The van der Waals surface area contributed by atoms with Crippen molar-refractivity contribution in [2.24, 2.45) is 45.3 Å². The van der Waals surface area contributed by atoms with Crippen molar-refractivity contribution in [1.82, 2.24) is 0 Å². The lowest BCUT2D eigenvalue weighted by Gasteiger charge is -2.71. The van der Waals surface area contributed by atoms with E-state index in [1.807, 2.05) is 0 Å². The quantitative estimate of drug-likeness (QED) is 0.631. The molecular weight excluding hydrogens is 332 g/mol. The molecule has 9 atom stereocenters. The number of aliphatic hydroxyl groups is 2. The topological polar surface area (TPSA) is 40.5 Å². The molecule has 2 N–H and O–H groups in total. The molecule has 27 heavy (non-hydrogen) atoms. The Morgan fingerprint density at radius 1 is 0.778 bits per heavy atom. The first-order chi connectivity index (χ1) is 12.8. The molecule has 0 aliphatic heterocycles. The highest BCUT2D eigenvalue weighted by atomic mass is 16.3. The number of hydrogen-bond donors (Lipinski definition) is 2. The van der Waals surface area contributed by atoms with Crippen LogP contribution in [0.25, 0.3) is 0 Å². The molecule has 5 aliphatic rings. The van der Waals surface area contributed by atoms with Crippen LogP contribution in [-0.4, -0.2) is 22.9 Å². The fourth-order valence-corrected chi connectivity index (χ4v) is 10.1. The summed E-state index contributed by atoms with van der Waals surface area (Å²) in [6.07, 6.45) is 15.4. The average molecular weight is 375 g/mol. The summed E-state index contributed by atoms with van der Waals surface area (Å²) in [6, 6.07) is 0. The normalized spacial score (nSPS) is 60.1. The van der Waals surface area contributed by atoms with Crippen molar-refractivity contribution < 1.29 is 10.2 Å². The van der Waals surface area contributed by atoms with E-state index in [0.717, 1.165) is 36.5 Å². The fraction of sp³-hybridized carbons (Fsp3) is 1.00. The highest BCUT2D eigenvalue weighted by Crippen LogP contribution is 2.75. The third kappa shape index (κ3) is 2.26. The Kier molecular flexibility index (Phi) is 4.18. The van der Waals surface area contributed by atoms with Gasteiger partial charge in [0.2, 0.25) is 0 Å². The minimum absolute atomic E-state index is 0.0438. The summed E-state index contributed by atoms with van der Waals surface area (Å²) in [7, 11) is 0. The number of aliphatic hydroxyl groups excluding tert-OH is 2. The molecule has 0 aromatic carbocycles. The van der Waals surface area contributed by atoms with E-state index in [1.165, 1.54) is 64.2 Å². The van der Waals surface area contributed by atoms with Crippen LogP contribution >= 0.6 is 0 Å². The van der Waals surface area contributed by atoms with Crippen molar-refractivity contribution in [2.45, 2.75) is 104 Å². The van der Waals surface area contributed by atoms with Crippen LogP contribution in [0.5, 0.6) is 0 Å². The second kappa shape index (κ2) is 5.97. The molecule has 0 amide bonds. The van der Waals surface area contributed by atoms with Crippen LogP contribution in [-0.2, 0) is 0 Å². The van der Waals surface area contributed by atoms with Gasteiger partial charge in [-0.25, -0.2) is 0 Å². The van der Waals surface area contributed by atoms with Crippen molar-refractivity contribution in [2.75, 3.05) is 6.61 Å². The van der Waals surface area contributed by atoms with E-state index in [9.17, 15) is 10.2 Å². The van der Waals surface area contributed by atoms with Gasteiger partial charge in [0.25, 0.3) is 0 Å². The Hall–Kier alpha value is -0.0800. The predicted molar refractivity (Wildman–Crippen MR) is 109 cm³/mol. The Bertz CT molecular complexity index is 603. The predicted octanol–water partition coefficient (Wildman–Crippen LogP) is 5.56. The maximum atomic E-state index is 10.3. The SMILES string of the molecule is CC12CCC(O)CC1CCC1(C)C2CCC2C3CCCC3(CO)CC[C@]21C. The molecule has 5 fully saturated rings. The van der Waals surface area contributed by atoms with E-state index in [1.54, 1.807) is 0 Å². The first-order valence-electron chi connectivity index (χ1n) is 12.1. The van der Waals surface area contributed by atoms with E-state index >= 15 is 0 Å². The second-order valence-electron chi connectivity index (χ2n) is 12.3. The van der Waals surface area contributed by atoms with Crippen molar-refractivity contribution in [3.8, 4) is 0 Å². The Labute approximate surface area is 166 Å². The molecule has 5 rings (SSSR count). The lowest BCUT2D eigenvalue weighted by Crippen LogP contribution is -2.64. The number of hydrogen-bond acceptors (Lipinski definition) is 2. The summed E-state index contributed by atoms with van der Waals surface area (Å²) in [5.41, 5.74) is 1.62. The molecule has 0 radical (unpaired) electrons. The highest BCUT2D eigenvalue weighted by Gasteiger charge is 2.68. The molecule has 0 aromatic heterocycles. The highest BCUT2D eigenvalue weighted by molar-refractivity contribution is 5.17. The van der Waals surface area contributed by atoms with Gasteiger partial charge < -0.3 is 10.2 Å².